The number of para-hydroxylation sites is 1. The number of aliphatic hydroxyl groups is 1. The van der Waals surface area contributed by atoms with Crippen LogP contribution in [0, 0.1) is 5.92 Å². The first-order chi connectivity index (χ1) is 24.4. The summed E-state index contributed by atoms with van der Waals surface area (Å²) in [5.41, 5.74) is 2.33. The molecule has 0 unspecified atom stereocenters. The fourth-order valence-electron chi connectivity index (χ4n) is 6.01. The molecule has 14 nitrogen and oxygen atoms in total. The second kappa shape index (κ2) is 16.8. The minimum absolute atomic E-state index is 0.0215. The third-order valence-electron chi connectivity index (χ3n) is 8.69. The number of nitrogens with zero attached hydrogens (tertiary/aromatic N) is 5. The third kappa shape index (κ3) is 9.44. The van der Waals surface area contributed by atoms with E-state index in [2.05, 4.69) is 26.3 Å². The highest BCUT2D eigenvalue weighted by Crippen LogP contribution is 2.26. The zero-order valence-corrected chi connectivity index (χ0v) is 30.0. The number of aryl methyl sites for hydroxylation is 2. The van der Waals surface area contributed by atoms with Gasteiger partial charge in [0, 0.05) is 74.9 Å². The highest BCUT2D eigenvalue weighted by Gasteiger charge is 2.31. The molecule has 0 aliphatic carbocycles. The van der Waals surface area contributed by atoms with Gasteiger partial charge in [-0.2, -0.15) is 0 Å². The van der Waals surface area contributed by atoms with Gasteiger partial charge in [-0.1, -0.05) is 48.9 Å². The topological polar surface area (TPSA) is 173 Å². The molecule has 3 atom stereocenters. The number of halogens is 1. The summed E-state index contributed by atoms with van der Waals surface area (Å²) in [7, 11) is 1.89. The summed E-state index contributed by atoms with van der Waals surface area (Å²) in [4.78, 5) is 55.9. The van der Waals surface area contributed by atoms with Crippen molar-refractivity contribution in [3.05, 3.63) is 76.7 Å². The van der Waals surface area contributed by atoms with Gasteiger partial charge < -0.3 is 35.3 Å². The zero-order chi connectivity index (χ0) is 36.7. The number of carbonyl (C=O) groups is 4. The second-order valence-electron chi connectivity index (χ2n) is 13.2. The predicted molar refractivity (Wildman–Crippen MR) is 191 cm³/mol. The van der Waals surface area contributed by atoms with E-state index in [1.165, 1.54) is 19.1 Å². The van der Waals surface area contributed by atoms with Crippen LogP contribution in [-0.4, -0.2) is 97.6 Å². The summed E-state index contributed by atoms with van der Waals surface area (Å²) < 4.78 is 9.46. The van der Waals surface area contributed by atoms with Crippen LogP contribution in [0.2, 0.25) is 5.02 Å². The summed E-state index contributed by atoms with van der Waals surface area (Å²) in [5.74, 6) is -1.60. The second-order valence-corrected chi connectivity index (χ2v) is 13.6. The fourth-order valence-corrected chi connectivity index (χ4v) is 6.24. The van der Waals surface area contributed by atoms with Crippen molar-refractivity contribution in [1.82, 2.24) is 40.4 Å². The summed E-state index contributed by atoms with van der Waals surface area (Å²) in [5, 5.41) is 28.2. The molecular weight excluding hydrogens is 676 g/mol. The van der Waals surface area contributed by atoms with Crippen molar-refractivity contribution >= 4 is 46.1 Å². The Hall–Kier alpha value is -4.95. The molecule has 2 aromatic heterocycles. The minimum Gasteiger partial charge on any atom is -0.492 e. The first kappa shape index (κ1) is 37.3. The number of fused-ring (bicyclic) bond motifs is 18. The number of nitrogens with one attached hydrogen (secondary N) is 3. The number of carbonyl (C=O) groups excluding carboxylic acids is 4. The van der Waals surface area contributed by atoms with Crippen LogP contribution < -0.4 is 20.7 Å². The van der Waals surface area contributed by atoms with Crippen LogP contribution in [0.15, 0.2) is 54.9 Å². The van der Waals surface area contributed by atoms with Gasteiger partial charge >= 0.3 is 0 Å². The number of amides is 4. The van der Waals surface area contributed by atoms with Crippen molar-refractivity contribution in [1.29, 1.82) is 0 Å². The van der Waals surface area contributed by atoms with Crippen molar-refractivity contribution in [2.24, 2.45) is 13.0 Å². The number of hydrogen-bond donors (Lipinski definition) is 4. The molecule has 0 spiro atoms. The molecule has 0 saturated heterocycles. The molecule has 272 valence electrons. The number of benzene rings is 2. The minimum atomic E-state index is -1.36. The lowest BCUT2D eigenvalue weighted by molar-refractivity contribution is -0.131. The molecule has 6 rings (SSSR count). The Morgan fingerprint density at radius 2 is 1.82 bits per heavy atom. The van der Waals surface area contributed by atoms with Crippen LogP contribution in [0.5, 0.6) is 5.75 Å². The van der Waals surface area contributed by atoms with E-state index in [0.717, 1.165) is 10.9 Å². The van der Waals surface area contributed by atoms with E-state index in [1.54, 1.807) is 15.6 Å². The Morgan fingerprint density at radius 1 is 1.04 bits per heavy atom. The molecule has 0 fully saturated rings. The summed E-state index contributed by atoms with van der Waals surface area (Å²) in [6.07, 6.45) is 3.69. The van der Waals surface area contributed by atoms with E-state index in [1.807, 2.05) is 62.1 Å². The van der Waals surface area contributed by atoms with Gasteiger partial charge in [-0.05, 0) is 43.5 Å². The molecule has 4 heterocycles. The first-order valence-electron chi connectivity index (χ1n) is 17.1. The molecule has 4 aromatic rings. The summed E-state index contributed by atoms with van der Waals surface area (Å²) in [6.45, 7) is 6.67. The highest BCUT2D eigenvalue weighted by molar-refractivity contribution is 6.32. The van der Waals surface area contributed by atoms with E-state index in [4.69, 9.17) is 16.3 Å². The van der Waals surface area contributed by atoms with Gasteiger partial charge in [0.1, 0.15) is 17.8 Å². The average molecular weight is 721 g/mol. The number of ether oxygens (including phenoxy) is 1. The molecule has 2 aromatic carbocycles. The van der Waals surface area contributed by atoms with E-state index in [0.29, 0.717) is 56.0 Å². The lowest BCUT2D eigenvalue weighted by Crippen LogP contribution is -2.57. The molecule has 15 heteroatoms. The van der Waals surface area contributed by atoms with E-state index in [-0.39, 0.29) is 35.5 Å². The zero-order valence-electron chi connectivity index (χ0n) is 29.3. The Labute approximate surface area is 301 Å². The molecule has 2 aliphatic rings. The van der Waals surface area contributed by atoms with Gasteiger partial charge in [0.15, 0.2) is 0 Å². The Morgan fingerprint density at radius 3 is 2.57 bits per heavy atom. The molecule has 4 amide bonds. The van der Waals surface area contributed by atoms with Crippen molar-refractivity contribution < 1.29 is 29.0 Å². The van der Waals surface area contributed by atoms with Crippen LogP contribution in [0.25, 0.3) is 10.9 Å². The van der Waals surface area contributed by atoms with Crippen molar-refractivity contribution in [3.63, 3.8) is 0 Å². The molecule has 0 radical (unpaired) electrons. The quantitative estimate of drug-likeness (QED) is 0.233. The van der Waals surface area contributed by atoms with Crippen LogP contribution in [0.3, 0.4) is 0 Å². The maximum absolute atomic E-state index is 14.0. The van der Waals surface area contributed by atoms with E-state index < -0.39 is 35.9 Å². The van der Waals surface area contributed by atoms with Crippen LogP contribution in [-0.2, 0) is 29.6 Å². The van der Waals surface area contributed by atoms with Crippen molar-refractivity contribution in [2.75, 3.05) is 26.2 Å². The molecule has 4 bridgehead atoms. The third-order valence-corrected chi connectivity index (χ3v) is 8.99. The Balaban J connectivity index is 1.40. The highest BCUT2D eigenvalue weighted by atomic mass is 35.5. The molecule has 2 aliphatic heterocycles. The van der Waals surface area contributed by atoms with Gasteiger partial charge in [0.25, 0.3) is 11.8 Å². The average Bonchev–Trinajstić information content (AvgIpc) is 3.69. The van der Waals surface area contributed by atoms with E-state index in [9.17, 15) is 24.3 Å². The van der Waals surface area contributed by atoms with Gasteiger partial charge in [-0.15, -0.1) is 5.10 Å². The van der Waals surface area contributed by atoms with Gasteiger partial charge in [-0.3, -0.25) is 23.9 Å². The summed E-state index contributed by atoms with van der Waals surface area (Å²) >= 11 is 6.42. The SMILES string of the molecule is CC(C)C[C@H]1NC(=O)[C@H]([C@@H](C)O)NC(=O)c2ccc(c(Cl)c2)OCCCn2cc(nn2)CCN(C(=O)c2cn(C)c3ccccc23)CCNC1=O. The van der Waals surface area contributed by atoms with Crippen molar-refractivity contribution in [2.45, 2.75) is 64.8 Å². The van der Waals surface area contributed by atoms with Crippen LogP contribution >= 0.6 is 11.6 Å². The standard InChI is InChI=1S/C36H45ClN8O6/c1-22(2)18-29-34(48)38-13-16-44(36(50)27-21-43(4)30-9-6-5-8-26(27)30)15-12-25-20-45(42-41-25)14-7-17-51-31-11-10-24(19-28(31)37)33(47)40-32(23(3)46)35(49)39-29/h5-6,8-11,19-23,29,32,46H,7,12-18H2,1-4H3,(H,38,48)(H,39,49)(H,40,47)/t23-,29-,32+/m1/s1. The molecule has 51 heavy (non-hydrogen) atoms. The van der Waals surface area contributed by atoms with E-state index >= 15 is 0 Å². The summed E-state index contributed by atoms with van der Waals surface area (Å²) in [6, 6.07) is 9.85. The lowest BCUT2D eigenvalue weighted by Gasteiger charge is -2.26. The maximum atomic E-state index is 14.0. The van der Waals surface area contributed by atoms with Gasteiger partial charge in [-0.25, -0.2) is 0 Å². The fraction of sp³-hybridized carbons (Fsp3) is 0.444. The predicted octanol–water partition coefficient (Wildman–Crippen LogP) is 2.72. The van der Waals surface area contributed by atoms with Crippen LogP contribution in [0.4, 0.5) is 0 Å². The molecule has 4 N–H and O–H groups in total. The number of aromatic nitrogens is 4. The van der Waals surface area contributed by atoms with Crippen LogP contribution in [0.1, 0.15) is 60.0 Å². The van der Waals surface area contributed by atoms with Crippen molar-refractivity contribution in [3.8, 4) is 5.75 Å². The smallest absolute Gasteiger partial charge is 0.256 e. The normalized spacial score (nSPS) is 19.2. The number of aliphatic hydroxyl groups excluding tert-OH is 1. The first-order valence-corrected chi connectivity index (χ1v) is 17.5. The Bertz CT molecular complexity index is 1870. The molecular formula is C36H45ClN8O6. The van der Waals surface area contributed by atoms with Gasteiger partial charge in [0.2, 0.25) is 11.8 Å². The number of hydrogen-bond acceptors (Lipinski definition) is 8. The maximum Gasteiger partial charge on any atom is 0.256 e. The number of rotatable bonds is 4. The van der Waals surface area contributed by atoms with Gasteiger partial charge in [0.05, 0.1) is 29.0 Å². The lowest BCUT2D eigenvalue weighted by atomic mass is 10.0. The largest absolute Gasteiger partial charge is 0.492 e. The molecule has 0 saturated carbocycles. The monoisotopic (exact) mass is 720 g/mol. The Kier molecular flexibility index (Phi) is 12.3.